The van der Waals surface area contributed by atoms with Gasteiger partial charge in [-0.15, -0.1) is 0 Å². The Hall–Kier alpha value is -2.69. The summed E-state index contributed by atoms with van der Waals surface area (Å²) in [6.45, 7) is 2.40. The van der Waals surface area contributed by atoms with Gasteiger partial charge in [0.1, 0.15) is 5.82 Å². The molecule has 2 N–H and O–H groups in total. The van der Waals surface area contributed by atoms with Crippen LogP contribution in [0.4, 0.5) is 0 Å². The molecule has 3 rings (SSSR count). The average Bonchev–Trinajstić information content (AvgIpc) is 2.87. The Balaban J connectivity index is 1.72. The highest BCUT2D eigenvalue weighted by Crippen LogP contribution is 2.13. The van der Waals surface area contributed by atoms with Crippen molar-refractivity contribution in [3.8, 4) is 0 Å². The minimum absolute atomic E-state index is 0.135. The van der Waals surface area contributed by atoms with E-state index in [0.29, 0.717) is 12.1 Å². The maximum Gasteiger partial charge on any atom is 0.251 e. The Morgan fingerprint density at radius 1 is 1.25 bits per heavy atom. The van der Waals surface area contributed by atoms with Gasteiger partial charge in [-0.3, -0.25) is 9.78 Å². The van der Waals surface area contributed by atoms with E-state index in [9.17, 15) is 4.79 Å². The zero-order valence-corrected chi connectivity index (χ0v) is 11.1. The number of nitrogens with one attached hydrogen (secondary N) is 2. The normalized spacial score (nSPS) is 10.7. The van der Waals surface area contributed by atoms with E-state index < -0.39 is 0 Å². The first-order chi connectivity index (χ1) is 9.72. The van der Waals surface area contributed by atoms with E-state index in [1.165, 1.54) is 5.56 Å². The van der Waals surface area contributed by atoms with E-state index in [-0.39, 0.29) is 5.91 Å². The Kier molecular flexibility index (Phi) is 3.16. The third kappa shape index (κ3) is 2.51. The molecule has 1 amide bonds. The third-order valence-electron chi connectivity index (χ3n) is 3.05. The number of aryl methyl sites for hydroxylation is 1. The molecule has 0 bridgehead atoms. The molecule has 5 nitrogen and oxygen atoms in total. The van der Waals surface area contributed by atoms with E-state index in [4.69, 9.17) is 0 Å². The Labute approximate surface area is 116 Å². The van der Waals surface area contributed by atoms with E-state index in [2.05, 4.69) is 20.3 Å². The van der Waals surface area contributed by atoms with Gasteiger partial charge in [-0.1, -0.05) is 6.07 Å². The number of benzene rings is 1. The molecule has 0 fully saturated rings. The van der Waals surface area contributed by atoms with Crippen molar-refractivity contribution in [1.82, 2.24) is 20.3 Å². The number of rotatable bonds is 3. The van der Waals surface area contributed by atoms with Crippen molar-refractivity contribution in [3.05, 3.63) is 59.7 Å². The summed E-state index contributed by atoms with van der Waals surface area (Å²) in [5.41, 5.74) is 3.65. The van der Waals surface area contributed by atoms with Crippen LogP contribution in [0.25, 0.3) is 11.0 Å². The number of imidazole rings is 1. The number of fused-ring (bicyclic) bond motifs is 1. The zero-order valence-electron chi connectivity index (χ0n) is 11.1. The molecule has 2 aromatic heterocycles. The molecule has 0 aliphatic heterocycles. The van der Waals surface area contributed by atoms with Crippen molar-refractivity contribution in [2.45, 2.75) is 13.5 Å². The molecule has 5 heteroatoms. The third-order valence-corrected chi connectivity index (χ3v) is 3.05. The van der Waals surface area contributed by atoms with Crippen LogP contribution in [0.1, 0.15) is 21.7 Å². The monoisotopic (exact) mass is 266 g/mol. The molecule has 0 atom stereocenters. The van der Waals surface area contributed by atoms with Crippen LogP contribution in [0.2, 0.25) is 0 Å². The maximum absolute atomic E-state index is 11.9. The maximum atomic E-state index is 11.9. The Bertz CT molecular complexity index is 749. The van der Waals surface area contributed by atoms with Crippen molar-refractivity contribution < 1.29 is 4.79 Å². The molecule has 0 saturated carbocycles. The summed E-state index contributed by atoms with van der Waals surface area (Å²) >= 11 is 0. The molecule has 20 heavy (non-hydrogen) atoms. The van der Waals surface area contributed by atoms with Crippen molar-refractivity contribution in [2.75, 3.05) is 0 Å². The van der Waals surface area contributed by atoms with Crippen molar-refractivity contribution in [3.63, 3.8) is 0 Å². The van der Waals surface area contributed by atoms with E-state index in [1.54, 1.807) is 24.5 Å². The molecule has 0 radical (unpaired) electrons. The summed E-state index contributed by atoms with van der Waals surface area (Å²) in [4.78, 5) is 23.4. The first-order valence-electron chi connectivity index (χ1n) is 6.36. The number of amides is 1. The highest BCUT2D eigenvalue weighted by Gasteiger charge is 2.07. The summed E-state index contributed by atoms with van der Waals surface area (Å²) in [6.07, 6.45) is 3.19. The average molecular weight is 266 g/mol. The molecule has 0 unspecified atom stereocenters. The number of aromatic nitrogens is 3. The minimum Gasteiger partial charge on any atom is -0.345 e. The smallest absolute Gasteiger partial charge is 0.251 e. The number of aromatic amines is 1. The lowest BCUT2D eigenvalue weighted by Crippen LogP contribution is -2.23. The van der Waals surface area contributed by atoms with Gasteiger partial charge in [-0.05, 0) is 36.8 Å². The molecule has 0 aliphatic carbocycles. The van der Waals surface area contributed by atoms with Crippen molar-refractivity contribution in [2.24, 2.45) is 0 Å². The van der Waals surface area contributed by atoms with Crippen LogP contribution in [0.3, 0.4) is 0 Å². The number of pyridine rings is 1. The SMILES string of the molecule is Cc1ccc2nc(CNC(=O)c3ccncc3)[nH]c2c1. The van der Waals surface area contributed by atoms with E-state index in [0.717, 1.165) is 16.9 Å². The van der Waals surface area contributed by atoms with Gasteiger partial charge in [0.2, 0.25) is 0 Å². The van der Waals surface area contributed by atoms with Crippen LogP contribution in [0.15, 0.2) is 42.7 Å². The quantitative estimate of drug-likeness (QED) is 0.763. The van der Waals surface area contributed by atoms with Crippen LogP contribution in [-0.4, -0.2) is 20.9 Å². The second-order valence-electron chi connectivity index (χ2n) is 4.62. The van der Waals surface area contributed by atoms with Crippen molar-refractivity contribution >= 4 is 16.9 Å². The van der Waals surface area contributed by atoms with Gasteiger partial charge < -0.3 is 10.3 Å². The fraction of sp³-hybridized carbons (Fsp3) is 0.133. The Morgan fingerprint density at radius 2 is 2.05 bits per heavy atom. The minimum atomic E-state index is -0.135. The standard InChI is InChI=1S/C15H14N4O/c1-10-2-3-12-13(8-10)19-14(18-12)9-17-15(20)11-4-6-16-7-5-11/h2-8H,9H2,1H3,(H,17,20)(H,18,19). The van der Waals surface area contributed by atoms with Gasteiger partial charge in [0.15, 0.2) is 0 Å². The topological polar surface area (TPSA) is 70.7 Å². The lowest BCUT2D eigenvalue weighted by atomic mass is 10.2. The molecule has 1 aromatic carbocycles. The first-order valence-corrected chi connectivity index (χ1v) is 6.36. The lowest BCUT2D eigenvalue weighted by Gasteiger charge is -2.02. The van der Waals surface area contributed by atoms with Gasteiger partial charge in [0.25, 0.3) is 5.91 Å². The summed E-state index contributed by atoms with van der Waals surface area (Å²) in [5, 5.41) is 2.83. The van der Waals surface area contributed by atoms with Gasteiger partial charge in [0, 0.05) is 18.0 Å². The van der Waals surface area contributed by atoms with E-state index in [1.807, 2.05) is 25.1 Å². The van der Waals surface area contributed by atoms with Crippen LogP contribution in [0.5, 0.6) is 0 Å². The molecular weight excluding hydrogens is 252 g/mol. The molecule has 0 aliphatic rings. The fourth-order valence-corrected chi connectivity index (χ4v) is 2.03. The van der Waals surface area contributed by atoms with Gasteiger partial charge in [0.05, 0.1) is 17.6 Å². The predicted octanol–water partition coefficient (Wildman–Crippen LogP) is 2.20. The summed E-state index contributed by atoms with van der Waals surface area (Å²) in [6, 6.07) is 9.38. The molecule has 100 valence electrons. The van der Waals surface area contributed by atoms with E-state index >= 15 is 0 Å². The predicted molar refractivity (Wildman–Crippen MR) is 76.2 cm³/mol. The van der Waals surface area contributed by atoms with Crippen molar-refractivity contribution in [1.29, 1.82) is 0 Å². The zero-order chi connectivity index (χ0) is 13.9. The highest BCUT2D eigenvalue weighted by molar-refractivity contribution is 5.93. The second kappa shape index (κ2) is 5.13. The molecule has 3 aromatic rings. The molecule has 0 saturated heterocycles. The van der Waals surface area contributed by atoms with Crippen LogP contribution < -0.4 is 5.32 Å². The number of H-pyrrole nitrogens is 1. The van der Waals surface area contributed by atoms with Crippen LogP contribution in [-0.2, 0) is 6.54 Å². The number of nitrogens with zero attached hydrogens (tertiary/aromatic N) is 2. The van der Waals surface area contributed by atoms with Crippen LogP contribution >= 0.6 is 0 Å². The molecule has 2 heterocycles. The number of carbonyl (C=O) groups excluding carboxylic acids is 1. The highest BCUT2D eigenvalue weighted by atomic mass is 16.1. The van der Waals surface area contributed by atoms with Crippen LogP contribution in [0, 0.1) is 6.92 Å². The largest absolute Gasteiger partial charge is 0.345 e. The number of hydrogen-bond acceptors (Lipinski definition) is 3. The Morgan fingerprint density at radius 3 is 2.85 bits per heavy atom. The lowest BCUT2D eigenvalue weighted by molar-refractivity contribution is 0.0950. The first kappa shape index (κ1) is 12.3. The molecular formula is C15H14N4O. The van der Waals surface area contributed by atoms with Gasteiger partial charge in [-0.25, -0.2) is 4.98 Å². The summed E-state index contributed by atoms with van der Waals surface area (Å²) in [5.74, 6) is 0.608. The fourth-order valence-electron chi connectivity index (χ4n) is 2.03. The number of carbonyl (C=O) groups is 1. The number of hydrogen-bond donors (Lipinski definition) is 2. The second-order valence-corrected chi connectivity index (χ2v) is 4.62. The van der Waals surface area contributed by atoms with Gasteiger partial charge in [-0.2, -0.15) is 0 Å². The molecule has 0 spiro atoms. The van der Waals surface area contributed by atoms with Gasteiger partial charge >= 0.3 is 0 Å². The summed E-state index contributed by atoms with van der Waals surface area (Å²) in [7, 11) is 0. The summed E-state index contributed by atoms with van der Waals surface area (Å²) < 4.78 is 0.